The molecule has 2 nitrogen and oxygen atoms in total. The van der Waals surface area contributed by atoms with Crippen molar-refractivity contribution in [2.45, 2.75) is 18.6 Å². The molecule has 1 heterocycles. The third-order valence-corrected chi connectivity index (χ3v) is 2.86. The molecule has 0 aliphatic rings. The first kappa shape index (κ1) is 13.8. The van der Waals surface area contributed by atoms with Gasteiger partial charge < -0.3 is 5.73 Å². The van der Waals surface area contributed by atoms with Gasteiger partial charge in [-0.1, -0.05) is 34.8 Å². The minimum atomic E-state index is -4.40. The Morgan fingerprint density at radius 3 is 2.38 bits per heavy atom. The highest BCUT2D eigenvalue weighted by Gasteiger charge is 2.33. The van der Waals surface area contributed by atoms with Crippen molar-refractivity contribution in [3.8, 4) is 0 Å². The van der Waals surface area contributed by atoms with Gasteiger partial charge >= 0.3 is 6.18 Å². The molecule has 2 N–H and O–H groups in total. The van der Waals surface area contributed by atoms with Crippen LogP contribution in [0.5, 0.6) is 0 Å². The first-order valence-electron chi connectivity index (χ1n) is 4.04. The second kappa shape index (κ2) is 4.96. The predicted octanol–water partition coefficient (Wildman–Crippen LogP) is 3.99. The second-order valence-corrected chi connectivity index (χ2v) is 4.19. The minimum Gasteiger partial charge on any atom is -0.324 e. The summed E-state index contributed by atoms with van der Waals surface area (Å²) in [4.78, 5) is 3.58. The molecule has 0 spiro atoms. The second-order valence-electron chi connectivity index (χ2n) is 3.05. The molecular weight excluding hydrogens is 287 g/mol. The predicted molar refractivity (Wildman–Crippen MR) is 56.9 cm³/mol. The van der Waals surface area contributed by atoms with Crippen molar-refractivity contribution < 1.29 is 13.2 Å². The summed E-state index contributed by atoms with van der Waals surface area (Å²) in [7, 11) is 0. The highest BCUT2D eigenvalue weighted by atomic mass is 35.5. The standard InChI is InChI=1S/C8H6Cl3F3N2/c9-3-2-16-7(11)6(10)5(3)4(15)1-8(12,13)14/h2,4H,1,15H2/t4-/m1/s1. The molecule has 0 radical (unpaired) electrons. The lowest BCUT2D eigenvalue weighted by atomic mass is 10.1. The van der Waals surface area contributed by atoms with Gasteiger partial charge in [-0.3, -0.25) is 0 Å². The number of pyridine rings is 1. The van der Waals surface area contributed by atoms with Gasteiger partial charge in [0.2, 0.25) is 0 Å². The number of nitrogens with zero attached hydrogens (tertiary/aromatic N) is 1. The smallest absolute Gasteiger partial charge is 0.324 e. The Morgan fingerprint density at radius 1 is 1.31 bits per heavy atom. The van der Waals surface area contributed by atoms with Gasteiger partial charge in [-0.05, 0) is 0 Å². The molecule has 16 heavy (non-hydrogen) atoms. The molecule has 0 amide bonds. The lowest BCUT2D eigenvalue weighted by Crippen LogP contribution is -2.21. The van der Waals surface area contributed by atoms with Crippen molar-refractivity contribution in [2.24, 2.45) is 5.73 Å². The molecule has 0 aliphatic heterocycles. The summed E-state index contributed by atoms with van der Waals surface area (Å²) in [5, 5.41) is -0.309. The fraction of sp³-hybridized carbons (Fsp3) is 0.375. The first-order valence-corrected chi connectivity index (χ1v) is 5.17. The van der Waals surface area contributed by atoms with Gasteiger partial charge in [-0.15, -0.1) is 0 Å². The molecule has 0 saturated heterocycles. The van der Waals surface area contributed by atoms with E-state index in [-0.39, 0.29) is 20.8 Å². The van der Waals surface area contributed by atoms with Gasteiger partial charge in [0.25, 0.3) is 0 Å². The average Bonchev–Trinajstić information content (AvgIpc) is 2.09. The Hall–Kier alpha value is -0.230. The monoisotopic (exact) mass is 292 g/mol. The van der Waals surface area contributed by atoms with Gasteiger partial charge in [0.15, 0.2) is 0 Å². The molecular formula is C8H6Cl3F3N2. The Labute approximate surface area is 104 Å². The van der Waals surface area contributed by atoms with Gasteiger partial charge in [0.05, 0.1) is 16.5 Å². The van der Waals surface area contributed by atoms with Crippen molar-refractivity contribution in [3.05, 3.63) is 27.0 Å². The Kier molecular flexibility index (Phi) is 4.29. The van der Waals surface area contributed by atoms with Crippen molar-refractivity contribution in [1.82, 2.24) is 4.98 Å². The molecule has 90 valence electrons. The van der Waals surface area contributed by atoms with Crippen molar-refractivity contribution in [3.63, 3.8) is 0 Å². The number of rotatable bonds is 2. The van der Waals surface area contributed by atoms with Crippen LogP contribution in [-0.4, -0.2) is 11.2 Å². The summed E-state index contributed by atoms with van der Waals surface area (Å²) in [6, 6.07) is -1.36. The van der Waals surface area contributed by atoms with E-state index < -0.39 is 18.6 Å². The van der Waals surface area contributed by atoms with Crippen LogP contribution in [0.4, 0.5) is 13.2 Å². The maximum atomic E-state index is 12.1. The Morgan fingerprint density at radius 2 is 1.88 bits per heavy atom. The zero-order valence-electron chi connectivity index (χ0n) is 7.65. The summed E-state index contributed by atoms with van der Waals surface area (Å²) in [6.45, 7) is 0. The molecule has 1 aromatic heterocycles. The topological polar surface area (TPSA) is 38.9 Å². The molecule has 8 heteroatoms. The van der Waals surface area contributed by atoms with E-state index in [2.05, 4.69) is 4.98 Å². The number of nitrogens with two attached hydrogens (primary N) is 1. The molecule has 0 unspecified atom stereocenters. The zero-order valence-corrected chi connectivity index (χ0v) is 9.92. The van der Waals surface area contributed by atoms with Crippen LogP contribution in [-0.2, 0) is 0 Å². The molecule has 0 bridgehead atoms. The largest absolute Gasteiger partial charge is 0.390 e. The fourth-order valence-electron chi connectivity index (χ4n) is 1.15. The first-order chi connectivity index (χ1) is 7.22. The van der Waals surface area contributed by atoms with Crippen molar-refractivity contribution in [1.29, 1.82) is 0 Å². The lowest BCUT2D eigenvalue weighted by Gasteiger charge is -2.17. The minimum absolute atomic E-state index is 0.0360. The summed E-state index contributed by atoms with van der Waals surface area (Å²) in [5.74, 6) is 0. The third-order valence-electron chi connectivity index (χ3n) is 1.79. The number of aromatic nitrogens is 1. The van der Waals surface area contributed by atoms with Crippen LogP contribution >= 0.6 is 34.8 Å². The van der Waals surface area contributed by atoms with E-state index in [1.165, 1.54) is 0 Å². The molecule has 0 fully saturated rings. The number of hydrogen-bond donors (Lipinski definition) is 1. The summed E-state index contributed by atoms with van der Waals surface area (Å²) in [5.41, 5.74) is 5.34. The van der Waals surface area contributed by atoms with Crippen LogP contribution in [0.2, 0.25) is 15.2 Å². The van der Waals surface area contributed by atoms with E-state index >= 15 is 0 Å². The van der Waals surface area contributed by atoms with Crippen LogP contribution < -0.4 is 5.73 Å². The van der Waals surface area contributed by atoms with Crippen molar-refractivity contribution >= 4 is 34.8 Å². The van der Waals surface area contributed by atoms with Crippen LogP contribution in [0.3, 0.4) is 0 Å². The van der Waals surface area contributed by atoms with E-state index in [4.69, 9.17) is 40.5 Å². The molecule has 0 aliphatic carbocycles. The third kappa shape index (κ3) is 3.38. The zero-order chi connectivity index (χ0) is 12.5. The maximum Gasteiger partial charge on any atom is 0.390 e. The van der Waals surface area contributed by atoms with Crippen LogP contribution in [0.15, 0.2) is 6.20 Å². The lowest BCUT2D eigenvalue weighted by molar-refractivity contribution is -0.138. The molecule has 0 saturated carbocycles. The molecule has 1 atom stereocenters. The SMILES string of the molecule is N[C@H](CC(F)(F)F)c1c(Cl)cnc(Cl)c1Cl. The highest BCUT2D eigenvalue weighted by Crippen LogP contribution is 2.37. The van der Waals surface area contributed by atoms with Crippen molar-refractivity contribution in [2.75, 3.05) is 0 Å². The van der Waals surface area contributed by atoms with E-state index in [0.29, 0.717) is 0 Å². The van der Waals surface area contributed by atoms with Gasteiger partial charge in [-0.2, -0.15) is 13.2 Å². The average molecular weight is 294 g/mol. The van der Waals surface area contributed by atoms with Gasteiger partial charge in [0, 0.05) is 17.8 Å². The molecule has 1 aromatic rings. The van der Waals surface area contributed by atoms with E-state index in [1.807, 2.05) is 0 Å². The van der Waals surface area contributed by atoms with E-state index in [1.54, 1.807) is 0 Å². The Balaban J connectivity index is 3.08. The van der Waals surface area contributed by atoms with Gasteiger partial charge in [0.1, 0.15) is 5.15 Å². The quantitative estimate of drug-likeness (QED) is 0.837. The fourth-order valence-corrected chi connectivity index (χ4v) is 1.92. The molecule has 1 rings (SSSR count). The number of hydrogen-bond acceptors (Lipinski definition) is 2. The highest BCUT2D eigenvalue weighted by molar-refractivity contribution is 6.43. The van der Waals surface area contributed by atoms with E-state index in [0.717, 1.165) is 6.20 Å². The normalized spacial score (nSPS) is 13.9. The van der Waals surface area contributed by atoms with Crippen LogP contribution in [0, 0.1) is 0 Å². The van der Waals surface area contributed by atoms with Gasteiger partial charge in [-0.25, -0.2) is 4.98 Å². The van der Waals surface area contributed by atoms with E-state index in [9.17, 15) is 13.2 Å². The summed E-state index contributed by atoms with van der Waals surface area (Å²) in [6.07, 6.45) is -4.52. The Bertz CT molecular complexity index is 395. The maximum absolute atomic E-state index is 12.1. The summed E-state index contributed by atoms with van der Waals surface area (Å²) >= 11 is 16.9. The summed E-state index contributed by atoms with van der Waals surface area (Å²) < 4.78 is 36.4. The van der Waals surface area contributed by atoms with Crippen LogP contribution in [0.1, 0.15) is 18.0 Å². The number of alkyl halides is 3. The molecule has 0 aromatic carbocycles. The van der Waals surface area contributed by atoms with Crippen LogP contribution in [0.25, 0.3) is 0 Å². The number of halogens is 6.